The van der Waals surface area contributed by atoms with Gasteiger partial charge >= 0.3 is 5.97 Å². The van der Waals surface area contributed by atoms with Gasteiger partial charge in [0.25, 0.3) is 0 Å². The van der Waals surface area contributed by atoms with Crippen LogP contribution in [-0.2, 0) is 9.53 Å². The van der Waals surface area contributed by atoms with Crippen LogP contribution in [0, 0.1) is 0 Å². The van der Waals surface area contributed by atoms with Gasteiger partial charge in [0.2, 0.25) is 0 Å². The number of nitrogens with one attached hydrogen (secondary N) is 1. The smallest absolute Gasteiger partial charge is 0.323 e. The van der Waals surface area contributed by atoms with Crippen LogP contribution in [0.4, 0.5) is 0 Å². The van der Waals surface area contributed by atoms with Crippen LogP contribution in [0.1, 0.15) is 13.3 Å². The van der Waals surface area contributed by atoms with Crippen molar-refractivity contribution in [2.24, 2.45) is 0 Å². The highest BCUT2D eigenvalue weighted by Gasteiger charge is 2.14. The van der Waals surface area contributed by atoms with E-state index in [1.165, 1.54) is 7.11 Å². The lowest BCUT2D eigenvalue weighted by atomic mass is 10.2. The molecule has 0 heterocycles. The number of ether oxygens (including phenoxy) is 1. The highest BCUT2D eigenvalue weighted by atomic mass is 16.5. The van der Waals surface area contributed by atoms with Crippen LogP contribution in [0.2, 0.25) is 0 Å². The summed E-state index contributed by atoms with van der Waals surface area (Å²) in [6, 6.07) is -0.234. The summed E-state index contributed by atoms with van der Waals surface area (Å²) in [5.74, 6) is -0.230. The zero-order valence-corrected chi connectivity index (χ0v) is 7.09. The Morgan fingerprint density at radius 1 is 1.82 bits per heavy atom. The molecule has 0 radical (unpaired) electrons. The first-order valence-electron chi connectivity index (χ1n) is 3.68. The molecule has 0 aromatic carbocycles. The minimum absolute atomic E-state index is 0.230. The molecule has 0 aliphatic carbocycles. The van der Waals surface area contributed by atoms with Gasteiger partial charge in [-0.3, -0.25) is 4.79 Å². The molecule has 0 rings (SSSR count). The third-order valence-electron chi connectivity index (χ3n) is 1.34. The molecule has 1 unspecified atom stereocenters. The molecule has 11 heavy (non-hydrogen) atoms. The van der Waals surface area contributed by atoms with Gasteiger partial charge < -0.3 is 10.1 Å². The average molecular weight is 157 g/mol. The number of rotatable bonds is 5. The maximum atomic E-state index is 11.0. The molecule has 0 fully saturated rings. The molecule has 0 aliphatic rings. The van der Waals surface area contributed by atoms with E-state index in [2.05, 4.69) is 16.6 Å². The van der Waals surface area contributed by atoms with Gasteiger partial charge in [0.1, 0.15) is 6.04 Å². The van der Waals surface area contributed by atoms with Crippen LogP contribution in [0.3, 0.4) is 0 Å². The molecule has 1 atom stereocenters. The Hall–Kier alpha value is -0.830. The Morgan fingerprint density at radius 3 is 2.82 bits per heavy atom. The van der Waals surface area contributed by atoms with E-state index in [0.29, 0.717) is 6.42 Å². The van der Waals surface area contributed by atoms with Crippen molar-refractivity contribution < 1.29 is 9.53 Å². The Labute approximate surface area is 67.4 Å². The van der Waals surface area contributed by atoms with Gasteiger partial charge in [0.15, 0.2) is 0 Å². The van der Waals surface area contributed by atoms with Crippen molar-refractivity contribution in [1.29, 1.82) is 0 Å². The number of carbonyl (C=O) groups is 1. The first-order chi connectivity index (χ1) is 5.26. The van der Waals surface area contributed by atoms with Gasteiger partial charge in [-0.05, 0) is 13.0 Å². The fourth-order valence-corrected chi connectivity index (χ4v) is 0.818. The quantitative estimate of drug-likeness (QED) is 0.472. The van der Waals surface area contributed by atoms with Crippen molar-refractivity contribution in [3.63, 3.8) is 0 Å². The number of esters is 1. The van der Waals surface area contributed by atoms with E-state index in [1.807, 2.05) is 6.92 Å². The number of hydrogen-bond acceptors (Lipinski definition) is 3. The minimum atomic E-state index is -0.234. The summed E-state index contributed by atoms with van der Waals surface area (Å²) in [6.07, 6.45) is 2.31. The zero-order chi connectivity index (χ0) is 8.69. The molecular weight excluding hydrogens is 142 g/mol. The standard InChI is InChI=1S/C8H15NO2/c1-4-6-7(9-5-2)8(10)11-3/h4,7,9H,1,5-6H2,2-3H3. The van der Waals surface area contributed by atoms with Crippen molar-refractivity contribution in [2.45, 2.75) is 19.4 Å². The van der Waals surface area contributed by atoms with Crippen LogP contribution in [-0.4, -0.2) is 25.7 Å². The lowest BCUT2D eigenvalue weighted by Gasteiger charge is -2.12. The van der Waals surface area contributed by atoms with Gasteiger partial charge in [-0.25, -0.2) is 0 Å². The monoisotopic (exact) mass is 157 g/mol. The van der Waals surface area contributed by atoms with Crippen LogP contribution in [0.5, 0.6) is 0 Å². The molecule has 0 saturated heterocycles. The predicted molar refractivity (Wildman–Crippen MR) is 44.3 cm³/mol. The van der Waals surface area contributed by atoms with Crippen LogP contribution < -0.4 is 5.32 Å². The van der Waals surface area contributed by atoms with Gasteiger partial charge in [-0.2, -0.15) is 0 Å². The summed E-state index contributed by atoms with van der Waals surface area (Å²) in [5, 5.41) is 2.99. The Balaban J connectivity index is 3.86. The molecule has 0 aromatic heterocycles. The largest absolute Gasteiger partial charge is 0.468 e. The van der Waals surface area contributed by atoms with Crippen molar-refractivity contribution in [3.8, 4) is 0 Å². The van der Waals surface area contributed by atoms with Gasteiger partial charge in [0, 0.05) is 0 Å². The molecule has 0 saturated carbocycles. The Kier molecular flexibility index (Phi) is 5.47. The summed E-state index contributed by atoms with van der Waals surface area (Å²) in [6.45, 7) is 6.25. The van der Waals surface area contributed by atoms with E-state index in [-0.39, 0.29) is 12.0 Å². The topological polar surface area (TPSA) is 38.3 Å². The second-order valence-electron chi connectivity index (χ2n) is 2.16. The predicted octanol–water partition coefficient (Wildman–Crippen LogP) is 0.714. The van der Waals surface area contributed by atoms with E-state index in [9.17, 15) is 4.79 Å². The zero-order valence-electron chi connectivity index (χ0n) is 7.09. The van der Waals surface area contributed by atoms with Crippen molar-refractivity contribution in [2.75, 3.05) is 13.7 Å². The van der Waals surface area contributed by atoms with Crippen molar-refractivity contribution in [3.05, 3.63) is 12.7 Å². The Morgan fingerprint density at radius 2 is 2.45 bits per heavy atom. The van der Waals surface area contributed by atoms with Gasteiger partial charge in [-0.1, -0.05) is 13.0 Å². The number of methoxy groups -OCH3 is 1. The third-order valence-corrected chi connectivity index (χ3v) is 1.34. The van der Waals surface area contributed by atoms with Gasteiger partial charge in [-0.15, -0.1) is 6.58 Å². The molecule has 0 amide bonds. The van der Waals surface area contributed by atoms with Gasteiger partial charge in [0.05, 0.1) is 7.11 Å². The SMILES string of the molecule is C=CCC(NCC)C(=O)OC. The molecule has 0 spiro atoms. The second kappa shape index (κ2) is 5.92. The van der Waals surface area contributed by atoms with E-state index in [1.54, 1.807) is 6.08 Å². The molecular formula is C8H15NO2. The highest BCUT2D eigenvalue weighted by Crippen LogP contribution is 1.94. The van der Waals surface area contributed by atoms with Crippen LogP contribution >= 0.6 is 0 Å². The summed E-state index contributed by atoms with van der Waals surface area (Å²) in [4.78, 5) is 11.0. The molecule has 0 bridgehead atoms. The maximum absolute atomic E-state index is 11.0. The van der Waals surface area contributed by atoms with Crippen molar-refractivity contribution in [1.82, 2.24) is 5.32 Å². The number of likely N-dealkylation sites (N-methyl/N-ethyl adjacent to an activating group) is 1. The van der Waals surface area contributed by atoms with Crippen LogP contribution in [0.25, 0.3) is 0 Å². The molecule has 0 aliphatic heterocycles. The lowest BCUT2D eigenvalue weighted by Crippen LogP contribution is -2.36. The summed E-state index contributed by atoms with van der Waals surface area (Å²) < 4.78 is 4.57. The highest BCUT2D eigenvalue weighted by molar-refractivity contribution is 5.75. The molecule has 1 N–H and O–H groups in total. The first-order valence-corrected chi connectivity index (χ1v) is 3.68. The lowest BCUT2D eigenvalue weighted by molar-refractivity contribution is -0.143. The van der Waals surface area contributed by atoms with E-state index in [0.717, 1.165) is 6.54 Å². The third kappa shape index (κ3) is 3.78. The fraction of sp³-hybridized carbons (Fsp3) is 0.625. The normalized spacial score (nSPS) is 12.2. The Bertz CT molecular complexity index is 134. The van der Waals surface area contributed by atoms with Crippen molar-refractivity contribution >= 4 is 5.97 Å². The fourth-order valence-electron chi connectivity index (χ4n) is 0.818. The van der Waals surface area contributed by atoms with E-state index < -0.39 is 0 Å². The molecule has 64 valence electrons. The minimum Gasteiger partial charge on any atom is -0.468 e. The molecule has 3 heteroatoms. The first kappa shape index (κ1) is 10.2. The van der Waals surface area contributed by atoms with E-state index >= 15 is 0 Å². The molecule has 3 nitrogen and oxygen atoms in total. The van der Waals surface area contributed by atoms with E-state index in [4.69, 9.17) is 0 Å². The maximum Gasteiger partial charge on any atom is 0.323 e. The summed E-state index contributed by atoms with van der Waals surface area (Å²) in [7, 11) is 1.38. The number of hydrogen-bond donors (Lipinski definition) is 1. The summed E-state index contributed by atoms with van der Waals surface area (Å²) in [5.41, 5.74) is 0. The number of carbonyl (C=O) groups excluding carboxylic acids is 1. The molecule has 0 aromatic rings. The van der Waals surface area contributed by atoms with Crippen LogP contribution in [0.15, 0.2) is 12.7 Å². The second-order valence-corrected chi connectivity index (χ2v) is 2.16. The average Bonchev–Trinajstić information content (AvgIpc) is 2.03. The summed E-state index contributed by atoms with van der Waals surface area (Å²) >= 11 is 0.